The highest BCUT2D eigenvalue weighted by atomic mass is 16.5. The largest absolute Gasteiger partial charge is 0.467 e. The molecule has 0 unspecified atom stereocenters. The number of morpholine rings is 1. The van der Waals surface area contributed by atoms with E-state index in [1.165, 1.54) is 0 Å². The van der Waals surface area contributed by atoms with Crippen molar-refractivity contribution >= 4 is 5.91 Å². The summed E-state index contributed by atoms with van der Waals surface area (Å²) in [6.45, 7) is 5.10. The van der Waals surface area contributed by atoms with Gasteiger partial charge in [-0.15, -0.1) is 0 Å². The number of hydrogen-bond acceptors (Lipinski definition) is 5. The fourth-order valence-electron chi connectivity index (χ4n) is 2.75. The molecule has 3 heterocycles. The molecule has 1 saturated heterocycles. The summed E-state index contributed by atoms with van der Waals surface area (Å²) in [5.41, 5.74) is 0. The van der Waals surface area contributed by atoms with E-state index in [2.05, 4.69) is 15.3 Å². The van der Waals surface area contributed by atoms with Gasteiger partial charge >= 0.3 is 0 Å². The van der Waals surface area contributed by atoms with Crippen molar-refractivity contribution in [1.82, 2.24) is 20.0 Å². The van der Waals surface area contributed by atoms with Crippen LogP contribution >= 0.6 is 0 Å². The van der Waals surface area contributed by atoms with E-state index in [4.69, 9.17) is 9.15 Å². The summed E-state index contributed by atoms with van der Waals surface area (Å²) in [4.78, 5) is 14.3. The number of ether oxygens (including phenoxy) is 1. The van der Waals surface area contributed by atoms with E-state index in [0.29, 0.717) is 19.7 Å². The molecule has 1 N–H and O–H groups in total. The van der Waals surface area contributed by atoms with Crippen molar-refractivity contribution in [2.24, 2.45) is 0 Å². The maximum atomic E-state index is 12.2. The molecule has 124 valence electrons. The van der Waals surface area contributed by atoms with Gasteiger partial charge in [-0.25, -0.2) is 0 Å². The van der Waals surface area contributed by atoms with E-state index in [9.17, 15) is 4.79 Å². The van der Waals surface area contributed by atoms with Gasteiger partial charge in [-0.2, -0.15) is 5.10 Å². The summed E-state index contributed by atoms with van der Waals surface area (Å²) in [5.74, 6) is 0.755. The van der Waals surface area contributed by atoms with Gasteiger partial charge in [0.25, 0.3) is 0 Å². The summed E-state index contributed by atoms with van der Waals surface area (Å²) in [5, 5.41) is 7.15. The Balaban J connectivity index is 1.46. The van der Waals surface area contributed by atoms with Gasteiger partial charge in [0.05, 0.1) is 38.1 Å². The van der Waals surface area contributed by atoms with Crippen LogP contribution in [0, 0.1) is 0 Å². The van der Waals surface area contributed by atoms with E-state index in [1.54, 1.807) is 12.5 Å². The molecule has 0 aliphatic carbocycles. The molecule has 23 heavy (non-hydrogen) atoms. The van der Waals surface area contributed by atoms with E-state index in [1.807, 2.05) is 36.0 Å². The Bertz CT molecular complexity index is 597. The number of nitrogens with one attached hydrogen (secondary N) is 1. The normalized spacial score (nSPS) is 20.3. The first-order valence-electron chi connectivity index (χ1n) is 7.85. The summed E-state index contributed by atoms with van der Waals surface area (Å²) in [7, 11) is 0. The van der Waals surface area contributed by atoms with Crippen molar-refractivity contribution in [3.63, 3.8) is 0 Å². The first-order valence-corrected chi connectivity index (χ1v) is 7.85. The maximum Gasteiger partial charge on any atom is 0.234 e. The van der Waals surface area contributed by atoms with E-state index >= 15 is 0 Å². The Hall–Kier alpha value is -2.12. The Kier molecular flexibility index (Phi) is 5.09. The predicted octanol–water partition coefficient (Wildman–Crippen LogP) is 1.05. The van der Waals surface area contributed by atoms with Crippen LogP contribution in [0.4, 0.5) is 0 Å². The number of nitrogens with zero attached hydrogens (tertiary/aromatic N) is 3. The molecular formula is C16H22N4O3. The molecule has 0 aromatic carbocycles. The van der Waals surface area contributed by atoms with E-state index in [0.717, 1.165) is 18.8 Å². The van der Waals surface area contributed by atoms with Gasteiger partial charge in [0.2, 0.25) is 5.91 Å². The highest BCUT2D eigenvalue weighted by Gasteiger charge is 2.23. The Morgan fingerprint density at radius 2 is 2.43 bits per heavy atom. The molecule has 1 amide bonds. The second-order valence-electron chi connectivity index (χ2n) is 5.76. The average molecular weight is 318 g/mol. The lowest BCUT2D eigenvalue weighted by molar-refractivity contribution is -0.125. The first kappa shape index (κ1) is 15.8. The summed E-state index contributed by atoms with van der Waals surface area (Å²) in [6.07, 6.45) is 5.34. The number of hydrogen-bond donors (Lipinski definition) is 1. The third kappa shape index (κ3) is 4.43. The number of carbonyl (C=O) groups is 1. The SMILES string of the molecule is C[C@H](NC(=O)CN1CCO[C@@H](Cn2cccn2)C1)c1ccco1. The van der Waals surface area contributed by atoms with Gasteiger partial charge in [0.15, 0.2) is 0 Å². The molecule has 2 aromatic rings. The van der Waals surface area contributed by atoms with E-state index < -0.39 is 0 Å². The molecule has 7 heteroatoms. The average Bonchev–Trinajstić information content (AvgIpc) is 3.20. The highest BCUT2D eigenvalue weighted by Crippen LogP contribution is 2.12. The van der Waals surface area contributed by atoms with Gasteiger partial charge in [0.1, 0.15) is 5.76 Å². The van der Waals surface area contributed by atoms with Crippen molar-refractivity contribution in [2.45, 2.75) is 25.6 Å². The fourth-order valence-corrected chi connectivity index (χ4v) is 2.75. The van der Waals surface area contributed by atoms with Crippen molar-refractivity contribution in [1.29, 1.82) is 0 Å². The van der Waals surface area contributed by atoms with Crippen LogP contribution in [0.3, 0.4) is 0 Å². The van der Waals surface area contributed by atoms with Crippen molar-refractivity contribution in [3.8, 4) is 0 Å². The molecular weight excluding hydrogens is 296 g/mol. The Labute approximate surface area is 135 Å². The maximum absolute atomic E-state index is 12.2. The smallest absolute Gasteiger partial charge is 0.234 e. The van der Waals surface area contributed by atoms with Gasteiger partial charge in [0, 0.05) is 25.5 Å². The minimum atomic E-state index is -0.126. The molecule has 1 fully saturated rings. The third-order valence-electron chi connectivity index (χ3n) is 3.89. The van der Waals surface area contributed by atoms with Crippen LogP contribution < -0.4 is 5.32 Å². The lowest BCUT2D eigenvalue weighted by atomic mass is 10.2. The lowest BCUT2D eigenvalue weighted by Gasteiger charge is -2.32. The number of rotatable bonds is 6. The molecule has 0 radical (unpaired) electrons. The van der Waals surface area contributed by atoms with Gasteiger partial charge in [-0.1, -0.05) is 0 Å². The van der Waals surface area contributed by atoms with Crippen LogP contribution in [0.1, 0.15) is 18.7 Å². The summed E-state index contributed by atoms with van der Waals surface area (Å²) < 4.78 is 12.9. The topological polar surface area (TPSA) is 72.5 Å². The number of aromatic nitrogens is 2. The monoisotopic (exact) mass is 318 g/mol. The fraction of sp³-hybridized carbons (Fsp3) is 0.500. The Morgan fingerprint density at radius 1 is 1.52 bits per heavy atom. The lowest BCUT2D eigenvalue weighted by Crippen LogP contribution is -2.48. The van der Waals surface area contributed by atoms with Crippen molar-refractivity contribution < 1.29 is 13.9 Å². The van der Waals surface area contributed by atoms with Crippen LogP contribution in [0.25, 0.3) is 0 Å². The molecule has 0 bridgehead atoms. The zero-order chi connectivity index (χ0) is 16.1. The first-order chi connectivity index (χ1) is 11.2. The number of furan rings is 1. The second-order valence-corrected chi connectivity index (χ2v) is 5.76. The van der Waals surface area contributed by atoms with E-state index in [-0.39, 0.29) is 18.1 Å². The molecule has 1 aliphatic rings. The van der Waals surface area contributed by atoms with Crippen LogP contribution in [0.15, 0.2) is 41.3 Å². The van der Waals surface area contributed by atoms with Crippen LogP contribution in [0.5, 0.6) is 0 Å². The van der Waals surface area contributed by atoms with Crippen LogP contribution in [0.2, 0.25) is 0 Å². The summed E-state index contributed by atoms with van der Waals surface area (Å²) >= 11 is 0. The van der Waals surface area contributed by atoms with Crippen LogP contribution in [-0.2, 0) is 16.1 Å². The second kappa shape index (κ2) is 7.43. The highest BCUT2D eigenvalue weighted by molar-refractivity contribution is 5.78. The molecule has 7 nitrogen and oxygen atoms in total. The zero-order valence-electron chi connectivity index (χ0n) is 13.2. The molecule has 3 rings (SSSR count). The molecule has 0 saturated carbocycles. The zero-order valence-corrected chi connectivity index (χ0v) is 13.2. The van der Waals surface area contributed by atoms with Crippen molar-refractivity contribution in [2.75, 3.05) is 26.2 Å². The standard InChI is InChI=1S/C16H22N4O3/c1-13(15-4-2-8-23-15)18-16(21)12-19-7-9-22-14(10-19)11-20-6-3-5-17-20/h2-6,8,13-14H,7,9-12H2,1H3,(H,18,21)/t13-,14+/m0/s1. The molecule has 2 aromatic heterocycles. The predicted molar refractivity (Wildman–Crippen MR) is 83.7 cm³/mol. The third-order valence-corrected chi connectivity index (χ3v) is 3.89. The van der Waals surface area contributed by atoms with Gasteiger partial charge < -0.3 is 14.5 Å². The molecule has 1 aliphatic heterocycles. The minimum Gasteiger partial charge on any atom is -0.467 e. The van der Waals surface area contributed by atoms with Gasteiger partial charge in [-0.3, -0.25) is 14.4 Å². The summed E-state index contributed by atoms with van der Waals surface area (Å²) in [6, 6.07) is 5.45. The van der Waals surface area contributed by atoms with Crippen LogP contribution in [-0.4, -0.2) is 52.9 Å². The molecule has 0 spiro atoms. The minimum absolute atomic E-state index is 0.00589. The molecule has 2 atom stereocenters. The number of amides is 1. The van der Waals surface area contributed by atoms with Crippen molar-refractivity contribution in [3.05, 3.63) is 42.6 Å². The Morgan fingerprint density at radius 3 is 3.17 bits per heavy atom. The quantitative estimate of drug-likeness (QED) is 0.862. The van der Waals surface area contributed by atoms with Gasteiger partial charge in [-0.05, 0) is 25.1 Å². The number of carbonyl (C=O) groups excluding carboxylic acids is 1.